The molecule has 0 aromatic heterocycles. The highest BCUT2D eigenvalue weighted by atomic mass is 32.2. The van der Waals surface area contributed by atoms with Crippen LogP contribution in [0.5, 0.6) is 0 Å². The number of hydrogen-bond donors (Lipinski definition) is 1. The molecule has 0 saturated carbocycles. The molecule has 0 spiro atoms. The summed E-state index contributed by atoms with van der Waals surface area (Å²) in [5, 5.41) is 0. The molecule has 2 aromatic rings. The van der Waals surface area contributed by atoms with Gasteiger partial charge in [0.2, 0.25) is 25.8 Å². The maximum atomic E-state index is 12.5. The summed E-state index contributed by atoms with van der Waals surface area (Å²) in [6.45, 7) is 5.55. The van der Waals surface area contributed by atoms with Gasteiger partial charge in [-0.3, -0.25) is 9.52 Å². The lowest BCUT2D eigenvalue weighted by molar-refractivity contribution is 0.0318. The molecule has 1 atom stereocenters. The Hall–Kier alpha value is -2.76. The molecule has 0 amide bonds. The highest BCUT2D eigenvalue weighted by molar-refractivity contribution is 7.92. The van der Waals surface area contributed by atoms with E-state index in [4.69, 9.17) is 4.74 Å². The molecule has 0 radical (unpaired) electrons. The van der Waals surface area contributed by atoms with Crippen LogP contribution in [0.4, 0.5) is 5.69 Å². The molecule has 174 valence electrons. The second kappa shape index (κ2) is 10.2. The third-order valence-corrected chi connectivity index (χ3v) is 7.23. The number of rotatable bonds is 10. The van der Waals surface area contributed by atoms with Gasteiger partial charge in [-0.2, -0.15) is 4.31 Å². The zero-order valence-electron chi connectivity index (χ0n) is 18.2. The zero-order chi connectivity index (χ0) is 24.1. The smallest absolute Gasteiger partial charge is 0.338 e. The summed E-state index contributed by atoms with van der Waals surface area (Å²) < 4.78 is 56.4. The van der Waals surface area contributed by atoms with Crippen molar-refractivity contribution in [1.29, 1.82) is 0 Å². The lowest BCUT2D eigenvalue weighted by atomic mass is 10.1. The van der Waals surface area contributed by atoms with Gasteiger partial charge in [0.05, 0.1) is 16.7 Å². The number of carbonyl (C=O) groups excluding carboxylic acids is 2. The molecular formula is C21H26N2O7S2. The van der Waals surface area contributed by atoms with Gasteiger partial charge in [-0.1, -0.05) is 13.8 Å². The average Bonchev–Trinajstić information content (AvgIpc) is 2.73. The van der Waals surface area contributed by atoms with E-state index in [2.05, 4.69) is 4.72 Å². The predicted octanol–water partition coefficient (Wildman–Crippen LogP) is 2.52. The van der Waals surface area contributed by atoms with Crippen molar-refractivity contribution in [3.8, 4) is 0 Å². The minimum Gasteiger partial charge on any atom is -0.451 e. The molecule has 0 aliphatic carbocycles. The number of esters is 1. The molecule has 32 heavy (non-hydrogen) atoms. The first kappa shape index (κ1) is 25.5. The second-order valence-corrected chi connectivity index (χ2v) is 10.7. The third kappa shape index (κ3) is 6.38. The number of ketones is 1. The fourth-order valence-corrected chi connectivity index (χ4v) is 4.93. The van der Waals surface area contributed by atoms with Gasteiger partial charge in [0.25, 0.3) is 0 Å². The minimum atomic E-state index is -3.65. The molecule has 0 aliphatic rings. The lowest BCUT2D eigenvalue weighted by Gasteiger charge is -2.18. The molecule has 1 N–H and O–H groups in total. The first-order chi connectivity index (χ1) is 14.9. The van der Waals surface area contributed by atoms with Crippen molar-refractivity contribution >= 4 is 37.5 Å². The predicted molar refractivity (Wildman–Crippen MR) is 121 cm³/mol. The number of ether oxygens (including phenoxy) is 1. The number of hydrogen-bond acceptors (Lipinski definition) is 7. The van der Waals surface area contributed by atoms with E-state index in [1.165, 1.54) is 59.8 Å². The van der Waals surface area contributed by atoms with Crippen LogP contribution >= 0.6 is 0 Å². The summed E-state index contributed by atoms with van der Waals surface area (Å²) in [6.07, 6.45) is -0.0885. The monoisotopic (exact) mass is 482 g/mol. The molecule has 1 unspecified atom stereocenters. The van der Waals surface area contributed by atoms with Gasteiger partial charge in [0, 0.05) is 24.3 Å². The van der Waals surface area contributed by atoms with E-state index in [1.807, 2.05) is 0 Å². The van der Waals surface area contributed by atoms with E-state index in [1.54, 1.807) is 13.8 Å². The third-order valence-electron chi connectivity index (χ3n) is 4.56. The Bertz CT molecular complexity index is 1170. The molecule has 0 saturated heterocycles. The molecule has 11 heteroatoms. The Morgan fingerprint density at radius 1 is 0.906 bits per heavy atom. The molecule has 2 rings (SSSR count). The van der Waals surface area contributed by atoms with E-state index in [-0.39, 0.29) is 16.0 Å². The Morgan fingerprint density at radius 3 is 1.88 bits per heavy atom. The summed E-state index contributed by atoms with van der Waals surface area (Å²) in [7, 11) is -7.09. The number of nitrogens with zero attached hydrogens (tertiary/aromatic N) is 1. The molecule has 0 bridgehead atoms. The van der Waals surface area contributed by atoms with Gasteiger partial charge in [-0.05, 0) is 55.5 Å². The van der Waals surface area contributed by atoms with E-state index in [9.17, 15) is 26.4 Å². The van der Waals surface area contributed by atoms with Crippen molar-refractivity contribution in [2.75, 3.05) is 24.1 Å². The Balaban J connectivity index is 2.08. The molecule has 2 aromatic carbocycles. The van der Waals surface area contributed by atoms with Crippen LogP contribution in [0.1, 0.15) is 41.5 Å². The maximum Gasteiger partial charge on any atom is 0.338 e. The van der Waals surface area contributed by atoms with Crippen LogP contribution in [-0.4, -0.2) is 58.3 Å². The lowest BCUT2D eigenvalue weighted by Crippen LogP contribution is -2.30. The number of Topliss-reactive ketones (excluding diaryl/α,β-unsaturated/α-hetero) is 1. The van der Waals surface area contributed by atoms with Crippen molar-refractivity contribution in [1.82, 2.24) is 4.31 Å². The van der Waals surface area contributed by atoms with Gasteiger partial charge in [0.15, 0.2) is 6.10 Å². The highest BCUT2D eigenvalue weighted by Gasteiger charge is 2.23. The van der Waals surface area contributed by atoms with Crippen LogP contribution < -0.4 is 4.72 Å². The van der Waals surface area contributed by atoms with Crippen LogP contribution in [0.15, 0.2) is 53.4 Å². The number of benzene rings is 2. The quantitative estimate of drug-likeness (QED) is 0.407. The van der Waals surface area contributed by atoms with Gasteiger partial charge in [-0.25, -0.2) is 21.6 Å². The zero-order valence-corrected chi connectivity index (χ0v) is 19.9. The van der Waals surface area contributed by atoms with Crippen LogP contribution in [0, 0.1) is 0 Å². The SMILES string of the molecule is CCN(CC)S(=O)(=O)c1ccc(C(=O)OC(C)C(=O)c2ccc(NS(C)(=O)=O)cc2)cc1. The minimum absolute atomic E-state index is 0.0599. The number of anilines is 1. The standard InChI is InChI=1S/C21H26N2O7S2/c1-5-23(6-2)32(28,29)19-13-9-17(10-14-19)21(25)30-15(3)20(24)16-7-11-18(12-8-16)22-31(4,26)27/h7-15,22H,5-6H2,1-4H3. The summed E-state index contributed by atoms with van der Waals surface area (Å²) in [4.78, 5) is 25.0. The van der Waals surface area contributed by atoms with E-state index in [0.717, 1.165) is 6.26 Å². The van der Waals surface area contributed by atoms with Gasteiger partial charge in [0.1, 0.15) is 0 Å². The number of nitrogens with one attached hydrogen (secondary N) is 1. The number of sulfonamides is 2. The van der Waals surface area contributed by atoms with Crippen molar-refractivity contribution in [3.05, 3.63) is 59.7 Å². The van der Waals surface area contributed by atoms with Gasteiger partial charge in [-0.15, -0.1) is 0 Å². The van der Waals surface area contributed by atoms with Crippen LogP contribution in [0.2, 0.25) is 0 Å². The largest absolute Gasteiger partial charge is 0.451 e. The van der Waals surface area contributed by atoms with Crippen LogP contribution in [0.25, 0.3) is 0 Å². The molecule has 0 fully saturated rings. The summed E-state index contributed by atoms with van der Waals surface area (Å²) >= 11 is 0. The average molecular weight is 483 g/mol. The first-order valence-electron chi connectivity index (χ1n) is 9.82. The van der Waals surface area contributed by atoms with Gasteiger partial charge < -0.3 is 4.74 Å². The molecule has 9 nitrogen and oxygen atoms in total. The summed E-state index contributed by atoms with van der Waals surface area (Å²) in [5.74, 6) is -1.24. The van der Waals surface area contributed by atoms with Crippen LogP contribution in [-0.2, 0) is 24.8 Å². The molecule has 0 heterocycles. The van der Waals surface area contributed by atoms with Crippen molar-refractivity contribution in [2.45, 2.75) is 31.8 Å². The van der Waals surface area contributed by atoms with E-state index in [0.29, 0.717) is 18.8 Å². The first-order valence-corrected chi connectivity index (χ1v) is 13.2. The Kier molecular flexibility index (Phi) is 8.16. The van der Waals surface area contributed by atoms with E-state index >= 15 is 0 Å². The summed E-state index contributed by atoms with van der Waals surface area (Å²) in [5.41, 5.74) is 0.648. The fraction of sp³-hybridized carbons (Fsp3) is 0.333. The normalized spacial score (nSPS) is 12.9. The Morgan fingerprint density at radius 2 is 1.41 bits per heavy atom. The van der Waals surface area contributed by atoms with Crippen LogP contribution in [0.3, 0.4) is 0 Å². The number of carbonyl (C=O) groups is 2. The topological polar surface area (TPSA) is 127 Å². The molecule has 0 aliphatic heterocycles. The summed E-state index contributed by atoms with van der Waals surface area (Å²) in [6, 6.07) is 11.0. The second-order valence-electron chi connectivity index (χ2n) is 6.98. The van der Waals surface area contributed by atoms with Crippen molar-refractivity contribution in [3.63, 3.8) is 0 Å². The van der Waals surface area contributed by atoms with E-state index < -0.39 is 37.9 Å². The van der Waals surface area contributed by atoms with Gasteiger partial charge >= 0.3 is 5.97 Å². The highest BCUT2D eigenvalue weighted by Crippen LogP contribution is 2.18. The van der Waals surface area contributed by atoms with Crippen molar-refractivity contribution < 1.29 is 31.2 Å². The maximum absolute atomic E-state index is 12.5. The van der Waals surface area contributed by atoms with Crippen molar-refractivity contribution in [2.24, 2.45) is 0 Å². The molecular weight excluding hydrogens is 456 g/mol. The fourth-order valence-electron chi connectivity index (χ4n) is 2.91. The Labute approximate surface area is 188 Å².